The maximum atomic E-state index is 13.9. The highest BCUT2D eigenvalue weighted by Gasteiger charge is 2.08. The fourth-order valence-electron chi connectivity index (χ4n) is 1.81. The molecule has 0 radical (unpaired) electrons. The Morgan fingerprint density at radius 3 is 2.50 bits per heavy atom. The highest BCUT2D eigenvalue weighted by atomic mass is 19.1. The van der Waals surface area contributed by atoms with Crippen molar-refractivity contribution in [2.24, 2.45) is 0 Å². The molecule has 0 bridgehead atoms. The van der Waals surface area contributed by atoms with Gasteiger partial charge in [0, 0.05) is 11.6 Å². The second-order valence-electron chi connectivity index (χ2n) is 3.99. The van der Waals surface area contributed by atoms with Crippen LogP contribution >= 0.6 is 0 Å². The Labute approximate surface area is 105 Å². The average Bonchev–Trinajstić information content (AvgIpc) is 2.38. The first kappa shape index (κ1) is 12.1. The molecule has 0 heterocycles. The third-order valence-corrected chi connectivity index (χ3v) is 2.83. The van der Waals surface area contributed by atoms with E-state index in [2.05, 4.69) is 6.07 Å². The molecule has 2 aromatic rings. The summed E-state index contributed by atoms with van der Waals surface area (Å²) < 4.78 is 18.9. The van der Waals surface area contributed by atoms with Gasteiger partial charge in [-0.25, -0.2) is 4.39 Å². The fraction of sp³-hybridized carbons (Fsp3) is 0.133. The Bertz CT molecular complexity index is 629. The number of rotatable bonds is 2. The van der Waals surface area contributed by atoms with Crippen molar-refractivity contribution in [3.63, 3.8) is 0 Å². The van der Waals surface area contributed by atoms with Crippen molar-refractivity contribution in [3.05, 3.63) is 53.3 Å². The highest BCUT2D eigenvalue weighted by molar-refractivity contribution is 5.67. The molecule has 0 atom stereocenters. The fourth-order valence-corrected chi connectivity index (χ4v) is 1.81. The van der Waals surface area contributed by atoms with Gasteiger partial charge in [0.05, 0.1) is 18.7 Å². The van der Waals surface area contributed by atoms with Gasteiger partial charge in [-0.1, -0.05) is 12.1 Å². The van der Waals surface area contributed by atoms with Gasteiger partial charge in [0.2, 0.25) is 0 Å². The SMILES string of the molecule is COc1ccc(-c2ccc(C#N)c(C)c2)c(F)c1. The van der Waals surface area contributed by atoms with Gasteiger partial charge >= 0.3 is 0 Å². The zero-order chi connectivity index (χ0) is 13.1. The van der Waals surface area contributed by atoms with Crippen molar-refractivity contribution in [1.29, 1.82) is 5.26 Å². The molecule has 0 saturated carbocycles. The smallest absolute Gasteiger partial charge is 0.134 e. The molecule has 0 aliphatic heterocycles. The van der Waals surface area contributed by atoms with E-state index in [1.807, 2.05) is 13.0 Å². The van der Waals surface area contributed by atoms with Crippen molar-refractivity contribution in [1.82, 2.24) is 0 Å². The van der Waals surface area contributed by atoms with Gasteiger partial charge < -0.3 is 4.74 Å². The maximum Gasteiger partial charge on any atom is 0.134 e. The normalized spacial score (nSPS) is 9.89. The first-order chi connectivity index (χ1) is 8.65. The van der Waals surface area contributed by atoms with Gasteiger partial charge in [0.25, 0.3) is 0 Å². The molecule has 0 N–H and O–H groups in total. The number of aryl methyl sites for hydroxylation is 1. The summed E-state index contributed by atoms with van der Waals surface area (Å²) in [6, 6.07) is 12.1. The summed E-state index contributed by atoms with van der Waals surface area (Å²) >= 11 is 0. The molecule has 2 rings (SSSR count). The third kappa shape index (κ3) is 2.18. The molecular formula is C15H12FNO. The molecule has 0 fully saturated rings. The summed E-state index contributed by atoms with van der Waals surface area (Å²) in [7, 11) is 1.50. The second-order valence-corrected chi connectivity index (χ2v) is 3.99. The minimum absolute atomic E-state index is 0.335. The van der Waals surface area contributed by atoms with Crippen molar-refractivity contribution in [3.8, 4) is 22.9 Å². The predicted octanol–water partition coefficient (Wildman–Crippen LogP) is 3.68. The van der Waals surface area contributed by atoms with Crippen LogP contribution in [0, 0.1) is 24.1 Å². The number of hydrogen-bond donors (Lipinski definition) is 0. The number of nitriles is 1. The minimum atomic E-state index is -0.335. The van der Waals surface area contributed by atoms with Crippen LogP contribution in [0.3, 0.4) is 0 Å². The zero-order valence-electron chi connectivity index (χ0n) is 10.2. The van der Waals surface area contributed by atoms with E-state index in [0.29, 0.717) is 16.9 Å². The topological polar surface area (TPSA) is 33.0 Å². The van der Waals surface area contributed by atoms with Gasteiger partial charge in [0.1, 0.15) is 11.6 Å². The summed E-state index contributed by atoms with van der Waals surface area (Å²) in [4.78, 5) is 0. The second kappa shape index (κ2) is 4.89. The van der Waals surface area contributed by atoms with E-state index in [-0.39, 0.29) is 5.82 Å². The lowest BCUT2D eigenvalue weighted by Crippen LogP contribution is -1.90. The monoisotopic (exact) mass is 241 g/mol. The highest BCUT2D eigenvalue weighted by Crippen LogP contribution is 2.27. The first-order valence-corrected chi connectivity index (χ1v) is 5.50. The zero-order valence-corrected chi connectivity index (χ0v) is 10.2. The predicted molar refractivity (Wildman–Crippen MR) is 67.8 cm³/mol. The first-order valence-electron chi connectivity index (χ1n) is 5.50. The van der Waals surface area contributed by atoms with Crippen LogP contribution in [0.15, 0.2) is 36.4 Å². The molecule has 0 unspecified atom stereocenters. The van der Waals surface area contributed by atoms with Crippen molar-refractivity contribution in [2.75, 3.05) is 7.11 Å². The largest absolute Gasteiger partial charge is 0.497 e. The van der Waals surface area contributed by atoms with E-state index in [0.717, 1.165) is 11.1 Å². The molecule has 90 valence electrons. The van der Waals surface area contributed by atoms with Gasteiger partial charge in [-0.15, -0.1) is 0 Å². The number of hydrogen-bond acceptors (Lipinski definition) is 2. The summed E-state index contributed by atoms with van der Waals surface area (Å²) in [6.07, 6.45) is 0. The standard InChI is InChI=1S/C15H12FNO/c1-10-7-11(3-4-12(10)9-17)14-6-5-13(18-2)8-15(14)16/h3-8H,1-2H3. The van der Waals surface area contributed by atoms with Crippen LogP contribution < -0.4 is 4.74 Å². The lowest BCUT2D eigenvalue weighted by atomic mass is 10.00. The van der Waals surface area contributed by atoms with Crippen molar-refractivity contribution >= 4 is 0 Å². The Morgan fingerprint density at radius 2 is 1.94 bits per heavy atom. The summed E-state index contributed by atoms with van der Waals surface area (Å²) in [5.74, 6) is 0.153. The van der Waals surface area contributed by atoms with Crippen LogP contribution in [0.25, 0.3) is 11.1 Å². The molecule has 0 aliphatic rings. The molecule has 2 aromatic carbocycles. The molecule has 0 amide bonds. The van der Waals surface area contributed by atoms with Crippen LogP contribution in [0.5, 0.6) is 5.75 Å². The summed E-state index contributed by atoms with van der Waals surface area (Å²) in [5, 5.41) is 8.86. The van der Waals surface area contributed by atoms with Gasteiger partial charge in [0.15, 0.2) is 0 Å². The average molecular weight is 241 g/mol. The van der Waals surface area contributed by atoms with Gasteiger partial charge in [-0.05, 0) is 36.2 Å². The Kier molecular flexibility index (Phi) is 3.29. The van der Waals surface area contributed by atoms with E-state index >= 15 is 0 Å². The molecule has 0 aliphatic carbocycles. The Balaban J connectivity index is 2.49. The third-order valence-electron chi connectivity index (χ3n) is 2.83. The van der Waals surface area contributed by atoms with E-state index in [4.69, 9.17) is 10.00 Å². The lowest BCUT2D eigenvalue weighted by molar-refractivity contribution is 0.411. The van der Waals surface area contributed by atoms with E-state index in [1.165, 1.54) is 13.2 Å². The van der Waals surface area contributed by atoms with E-state index in [9.17, 15) is 4.39 Å². The maximum absolute atomic E-state index is 13.9. The molecule has 0 aromatic heterocycles. The van der Waals surface area contributed by atoms with E-state index < -0.39 is 0 Å². The van der Waals surface area contributed by atoms with Crippen LogP contribution in [-0.2, 0) is 0 Å². The number of ether oxygens (including phenoxy) is 1. The van der Waals surface area contributed by atoms with Crippen LogP contribution in [0.2, 0.25) is 0 Å². The number of halogens is 1. The van der Waals surface area contributed by atoms with E-state index in [1.54, 1.807) is 24.3 Å². The summed E-state index contributed by atoms with van der Waals surface area (Å²) in [6.45, 7) is 1.84. The summed E-state index contributed by atoms with van der Waals surface area (Å²) in [5.41, 5.74) is 2.70. The Morgan fingerprint density at radius 1 is 1.17 bits per heavy atom. The molecule has 3 heteroatoms. The number of methoxy groups -OCH3 is 1. The molecule has 2 nitrogen and oxygen atoms in total. The molecule has 18 heavy (non-hydrogen) atoms. The van der Waals surface area contributed by atoms with Crippen molar-refractivity contribution in [2.45, 2.75) is 6.92 Å². The van der Waals surface area contributed by atoms with Crippen LogP contribution in [0.4, 0.5) is 4.39 Å². The number of nitrogens with zero attached hydrogens (tertiary/aromatic N) is 1. The quantitative estimate of drug-likeness (QED) is 0.803. The molecule has 0 spiro atoms. The van der Waals surface area contributed by atoms with Crippen LogP contribution in [-0.4, -0.2) is 7.11 Å². The number of benzene rings is 2. The Hall–Kier alpha value is -2.34. The van der Waals surface area contributed by atoms with Gasteiger partial charge in [-0.2, -0.15) is 5.26 Å². The van der Waals surface area contributed by atoms with Crippen LogP contribution in [0.1, 0.15) is 11.1 Å². The van der Waals surface area contributed by atoms with Gasteiger partial charge in [-0.3, -0.25) is 0 Å². The van der Waals surface area contributed by atoms with Crippen molar-refractivity contribution < 1.29 is 9.13 Å². The molecule has 0 saturated heterocycles. The lowest BCUT2D eigenvalue weighted by Gasteiger charge is -2.07. The molecular weight excluding hydrogens is 229 g/mol. The minimum Gasteiger partial charge on any atom is -0.497 e.